The van der Waals surface area contributed by atoms with E-state index >= 15 is 0 Å². The van der Waals surface area contributed by atoms with Gasteiger partial charge in [0.25, 0.3) is 0 Å². The lowest BCUT2D eigenvalue weighted by Gasteiger charge is -2.42. The monoisotopic (exact) mass is 389 g/mol. The topological polar surface area (TPSA) is 3.24 Å². The molecule has 0 saturated carbocycles. The van der Waals surface area contributed by atoms with E-state index in [2.05, 4.69) is 93.3 Å². The van der Waals surface area contributed by atoms with Crippen LogP contribution >= 0.6 is 11.6 Å². The highest BCUT2D eigenvalue weighted by atomic mass is 35.5. The molecule has 4 rings (SSSR count). The molecular weight excluding hydrogens is 362 g/mol. The summed E-state index contributed by atoms with van der Waals surface area (Å²) in [6.45, 7) is 9.04. The molecule has 0 spiro atoms. The maximum atomic E-state index is 5.86. The maximum Gasteiger partial charge on any atom is 0.0502 e. The minimum absolute atomic E-state index is 0.0283. The highest BCUT2D eigenvalue weighted by Gasteiger charge is 2.36. The molecular formula is C26H28ClN. The predicted octanol–water partition coefficient (Wildman–Crippen LogP) is 7.58. The zero-order chi connectivity index (χ0) is 19.9. The number of nitrogens with zero attached hydrogens (tertiary/aromatic N) is 1. The quantitative estimate of drug-likeness (QED) is 0.415. The van der Waals surface area contributed by atoms with E-state index in [9.17, 15) is 0 Å². The van der Waals surface area contributed by atoms with Gasteiger partial charge in [-0.1, -0.05) is 61.4 Å². The Hall–Kier alpha value is -2.25. The third kappa shape index (κ3) is 3.22. The molecule has 3 aromatic carbocycles. The number of rotatable bonds is 4. The van der Waals surface area contributed by atoms with E-state index < -0.39 is 0 Å². The minimum atomic E-state index is -0.0283. The molecule has 28 heavy (non-hydrogen) atoms. The van der Waals surface area contributed by atoms with Gasteiger partial charge in [-0.05, 0) is 67.6 Å². The first kappa shape index (κ1) is 19.1. The lowest BCUT2D eigenvalue weighted by molar-refractivity contribution is 0.630. The molecule has 0 fully saturated rings. The van der Waals surface area contributed by atoms with Crippen LogP contribution in [0.4, 0.5) is 17.1 Å². The molecule has 0 aromatic heterocycles. The Kier molecular flexibility index (Phi) is 4.97. The van der Waals surface area contributed by atoms with Crippen LogP contribution in [0.2, 0.25) is 0 Å². The van der Waals surface area contributed by atoms with Crippen LogP contribution in [0.15, 0.2) is 60.7 Å². The molecule has 2 heteroatoms. The number of benzene rings is 3. The fourth-order valence-electron chi connectivity index (χ4n) is 4.33. The molecule has 1 aliphatic heterocycles. The van der Waals surface area contributed by atoms with E-state index in [1.165, 1.54) is 44.9 Å². The molecule has 0 radical (unpaired) electrons. The van der Waals surface area contributed by atoms with Crippen molar-refractivity contribution in [2.45, 2.75) is 46.0 Å². The summed E-state index contributed by atoms with van der Waals surface area (Å²) in [5.41, 5.74) is 10.5. The molecule has 0 saturated heterocycles. The molecule has 3 aromatic rings. The Bertz CT molecular complexity index is 946. The van der Waals surface area contributed by atoms with Crippen LogP contribution in [0.25, 0.3) is 0 Å². The molecule has 0 N–H and O–H groups in total. The van der Waals surface area contributed by atoms with Crippen molar-refractivity contribution in [2.24, 2.45) is 0 Å². The zero-order valence-electron chi connectivity index (χ0n) is 17.2. The summed E-state index contributed by atoms with van der Waals surface area (Å²) in [4.78, 5) is 2.42. The Labute approximate surface area is 174 Å². The van der Waals surface area contributed by atoms with Gasteiger partial charge in [-0.25, -0.2) is 0 Å². The van der Waals surface area contributed by atoms with E-state index in [1.807, 2.05) is 0 Å². The van der Waals surface area contributed by atoms with Crippen LogP contribution in [-0.4, -0.2) is 5.88 Å². The normalized spacial score (nSPS) is 14.5. The number of halogens is 1. The van der Waals surface area contributed by atoms with E-state index in [1.54, 1.807) is 0 Å². The van der Waals surface area contributed by atoms with Crippen LogP contribution in [-0.2, 0) is 11.8 Å². The second kappa shape index (κ2) is 7.29. The van der Waals surface area contributed by atoms with Crippen LogP contribution in [0.3, 0.4) is 0 Å². The molecule has 0 unspecified atom stereocenters. The SMILES string of the molecule is Cc1ccc2c(c1)C(C)(C)c1cc(C)ccc1N2c1ccc(CCCCl)cc1. The fourth-order valence-corrected chi connectivity index (χ4v) is 4.46. The zero-order valence-corrected chi connectivity index (χ0v) is 18.0. The largest absolute Gasteiger partial charge is 0.310 e. The number of hydrogen-bond acceptors (Lipinski definition) is 1. The second-order valence-corrected chi connectivity index (χ2v) is 8.84. The molecule has 144 valence electrons. The lowest BCUT2D eigenvalue weighted by atomic mass is 9.72. The number of hydrogen-bond donors (Lipinski definition) is 0. The lowest BCUT2D eigenvalue weighted by Crippen LogP contribution is -2.30. The third-order valence-electron chi connectivity index (χ3n) is 5.93. The van der Waals surface area contributed by atoms with E-state index in [-0.39, 0.29) is 5.41 Å². The highest BCUT2D eigenvalue weighted by molar-refractivity contribution is 6.17. The first-order valence-electron chi connectivity index (χ1n) is 10.1. The number of alkyl halides is 1. The van der Waals surface area contributed by atoms with Crippen LogP contribution in [0.1, 0.15) is 48.1 Å². The Balaban J connectivity index is 1.88. The van der Waals surface area contributed by atoms with Gasteiger partial charge in [-0.15, -0.1) is 11.6 Å². The first-order valence-corrected chi connectivity index (χ1v) is 10.6. The van der Waals surface area contributed by atoms with Crippen molar-refractivity contribution >= 4 is 28.7 Å². The van der Waals surface area contributed by atoms with Crippen molar-refractivity contribution in [3.05, 3.63) is 88.5 Å². The molecule has 1 aliphatic rings. The molecule has 0 aliphatic carbocycles. The van der Waals surface area contributed by atoms with E-state index in [4.69, 9.17) is 11.6 Å². The predicted molar refractivity (Wildman–Crippen MR) is 122 cm³/mol. The number of fused-ring (bicyclic) bond motifs is 2. The number of aryl methyl sites for hydroxylation is 3. The summed E-state index contributed by atoms with van der Waals surface area (Å²) < 4.78 is 0. The van der Waals surface area contributed by atoms with Crippen molar-refractivity contribution in [3.8, 4) is 0 Å². The van der Waals surface area contributed by atoms with Gasteiger partial charge in [-0.2, -0.15) is 0 Å². The first-order chi connectivity index (χ1) is 13.4. The summed E-state index contributed by atoms with van der Waals surface area (Å²) in [6.07, 6.45) is 2.05. The highest BCUT2D eigenvalue weighted by Crippen LogP contribution is 2.52. The summed E-state index contributed by atoms with van der Waals surface area (Å²) in [5, 5.41) is 0. The van der Waals surface area contributed by atoms with Crippen molar-refractivity contribution < 1.29 is 0 Å². The summed E-state index contributed by atoms with van der Waals surface area (Å²) >= 11 is 5.86. The van der Waals surface area contributed by atoms with E-state index in [0.29, 0.717) is 5.88 Å². The van der Waals surface area contributed by atoms with Crippen molar-refractivity contribution in [3.63, 3.8) is 0 Å². The summed E-state index contributed by atoms with van der Waals surface area (Å²) in [7, 11) is 0. The molecule has 0 amide bonds. The smallest absolute Gasteiger partial charge is 0.0502 e. The van der Waals surface area contributed by atoms with Gasteiger partial charge in [-0.3, -0.25) is 0 Å². The van der Waals surface area contributed by atoms with Gasteiger partial charge in [0.1, 0.15) is 0 Å². The second-order valence-electron chi connectivity index (χ2n) is 8.46. The van der Waals surface area contributed by atoms with Crippen LogP contribution in [0, 0.1) is 13.8 Å². The van der Waals surface area contributed by atoms with Crippen molar-refractivity contribution in [2.75, 3.05) is 10.8 Å². The van der Waals surface area contributed by atoms with Crippen molar-refractivity contribution in [1.29, 1.82) is 0 Å². The van der Waals surface area contributed by atoms with Gasteiger partial charge < -0.3 is 4.90 Å². The summed E-state index contributed by atoms with van der Waals surface area (Å²) in [6, 6.07) is 22.7. The van der Waals surface area contributed by atoms with Gasteiger partial charge >= 0.3 is 0 Å². The van der Waals surface area contributed by atoms with Crippen molar-refractivity contribution in [1.82, 2.24) is 0 Å². The van der Waals surface area contributed by atoms with Gasteiger partial charge in [0.05, 0.1) is 11.4 Å². The Morgan fingerprint density at radius 2 is 1.32 bits per heavy atom. The van der Waals surface area contributed by atoms with Crippen LogP contribution in [0.5, 0.6) is 0 Å². The average Bonchev–Trinajstić information content (AvgIpc) is 2.68. The maximum absolute atomic E-state index is 5.86. The van der Waals surface area contributed by atoms with E-state index in [0.717, 1.165) is 12.8 Å². The fraction of sp³-hybridized carbons (Fsp3) is 0.308. The Morgan fingerprint density at radius 1 is 0.786 bits per heavy atom. The standard InChI is InChI=1S/C26H28ClN/c1-18-7-13-24-22(16-18)26(3,4)23-17-19(2)8-14-25(23)28(24)21-11-9-20(10-12-21)6-5-15-27/h7-14,16-17H,5-6,15H2,1-4H3. The number of anilines is 3. The molecule has 1 heterocycles. The molecule has 0 bridgehead atoms. The molecule has 0 atom stereocenters. The summed E-state index contributed by atoms with van der Waals surface area (Å²) in [5.74, 6) is 0.711. The third-order valence-corrected chi connectivity index (χ3v) is 6.19. The van der Waals surface area contributed by atoms with Crippen LogP contribution < -0.4 is 4.90 Å². The van der Waals surface area contributed by atoms with Gasteiger partial charge in [0, 0.05) is 17.0 Å². The van der Waals surface area contributed by atoms with Gasteiger partial charge in [0.15, 0.2) is 0 Å². The van der Waals surface area contributed by atoms with Gasteiger partial charge in [0.2, 0.25) is 0 Å². The minimum Gasteiger partial charge on any atom is -0.310 e. The molecule has 1 nitrogen and oxygen atoms in total. The average molecular weight is 390 g/mol. The Morgan fingerprint density at radius 3 is 1.82 bits per heavy atom.